The van der Waals surface area contributed by atoms with Gasteiger partial charge in [0.15, 0.2) is 0 Å². The highest BCUT2D eigenvalue weighted by Crippen LogP contribution is 2.22. The molecule has 0 aliphatic carbocycles. The van der Waals surface area contributed by atoms with Gasteiger partial charge >= 0.3 is 0 Å². The molecule has 5 heteroatoms. The first kappa shape index (κ1) is 9.84. The van der Waals surface area contributed by atoms with Crippen LogP contribution in [0.25, 0.3) is 0 Å². The molecule has 0 saturated carbocycles. The van der Waals surface area contributed by atoms with Gasteiger partial charge < -0.3 is 16.2 Å². The lowest BCUT2D eigenvalue weighted by Gasteiger charge is -2.03. The molecular weight excluding hydrogens is 166 g/mol. The van der Waals surface area contributed by atoms with Crippen LogP contribution < -0.4 is 16.2 Å². The zero-order chi connectivity index (χ0) is 7.56. The second kappa shape index (κ2) is 3.88. The Balaban J connectivity index is 0.000001000. The van der Waals surface area contributed by atoms with E-state index in [1.807, 2.05) is 0 Å². The van der Waals surface area contributed by atoms with Gasteiger partial charge in [0.2, 0.25) is 5.88 Å². The van der Waals surface area contributed by atoms with E-state index >= 15 is 0 Å². The van der Waals surface area contributed by atoms with Crippen molar-refractivity contribution in [3.05, 3.63) is 12.3 Å². The highest BCUT2D eigenvalue weighted by atomic mass is 35.5. The van der Waals surface area contributed by atoms with E-state index in [1.165, 1.54) is 7.11 Å². The van der Waals surface area contributed by atoms with E-state index in [0.717, 1.165) is 0 Å². The maximum Gasteiger partial charge on any atom is 0.239 e. The smallest absolute Gasteiger partial charge is 0.239 e. The predicted molar refractivity (Wildman–Crippen MR) is 46.9 cm³/mol. The van der Waals surface area contributed by atoms with E-state index in [-0.39, 0.29) is 12.4 Å². The number of nitrogens with two attached hydrogens (primary N) is 2. The van der Waals surface area contributed by atoms with E-state index in [9.17, 15) is 0 Å². The second-order valence-electron chi connectivity index (χ2n) is 1.82. The number of nitrogens with zero attached hydrogens (tertiary/aromatic N) is 1. The maximum atomic E-state index is 5.48. The van der Waals surface area contributed by atoms with Gasteiger partial charge in [0.05, 0.1) is 12.8 Å². The summed E-state index contributed by atoms with van der Waals surface area (Å²) in [5.74, 6) is 0.375. The van der Waals surface area contributed by atoms with Crippen molar-refractivity contribution in [2.45, 2.75) is 0 Å². The Morgan fingerprint density at radius 1 is 1.45 bits per heavy atom. The molecule has 0 aliphatic heterocycles. The van der Waals surface area contributed by atoms with Crippen LogP contribution >= 0.6 is 12.4 Å². The van der Waals surface area contributed by atoms with E-state index in [4.69, 9.17) is 16.2 Å². The third-order valence-corrected chi connectivity index (χ3v) is 1.18. The van der Waals surface area contributed by atoms with Crippen LogP contribution in [0.3, 0.4) is 0 Å². The van der Waals surface area contributed by atoms with Gasteiger partial charge in [-0.15, -0.1) is 12.4 Å². The van der Waals surface area contributed by atoms with Crippen LogP contribution in [-0.4, -0.2) is 12.1 Å². The van der Waals surface area contributed by atoms with Crippen LogP contribution in [0.2, 0.25) is 0 Å². The summed E-state index contributed by atoms with van der Waals surface area (Å²) >= 11 is 0. The molecule has 1 rings (SSSR count). The molecule has 0 saturated heterocycles. The van der Waals surface area contributed by atoms with Crippen molar-refractivity contribution in [2.75, 3.05) is 18.6 Å². The van der Waals surface area contributed by atoms with Crippen LogP contribution in [0.1, 0.15) is 0 Å². The molecule has 4 nitrogen and oxygen atoms in total. The number of aromatic nitrogens is 1. The normalized spacial score (nSPS) is 8.45. The first-order valence-corrected chi connectivity index (χ1v) is 2.79. The lowest BCUT2D eigenvalue weighted by Crippen LogP contribution is -1.99. The van der Waals surface area contributed by atoms with Gasteiger partial charge in [0.25, 0.3) is 0 Å². The zero-order valence-corrected chi connectivity index (χ0v) is 6.89. The fourth-order valence-electron chi connectivity index (χ4n) is 0.631. The standard InChI is InChI=1S/C6H9N3O.ClH/c1-10-6-5(8)4(7)2-3-9-6;/h2-3H,8H2,1H3,(H2,7,9);1H. The van der Waals surface area contributed by atoms with Gasteiger partial charge in [-0.25, -0.2) is 4.98 Å². The average molecular weight is 176 g/mol. The summed E-state index contributed by atoms with van der Waals surface area (Å²) in [4.78, 5) is 3.83. The molecule has 62 valence electrons. The van der Waals surface area contributed by atoms with Crippen LogP contribution in [-0.2, 0) is 0 Å². The Bertz CT molecular complexity index is 241. The fraction of sp³-hybridized carbons (Fsp3) is 0.167. The molecule has 0 fully saturated rings. The van der Waals surface area contributed by atoms with Gasteiger partial charge in [-0.2, -0.15) is 0 Å². The van der Waals surface area contributed by atoms with E-state index in [0.29, 0.717) is 17.3 Å². The molecule has 1 aromatic rings. The Morgan fingerprint density at radius 2 is 2.09 bits per heavy atom. The van der Waals surface area contributed by atoms with E-state index in [1.54, 1.807) is 12.3 Å². The van der Waals surface area contributed by atoms with Crippen LogP contribution in [0.15, 0.2) is 12.3 Å². The molecule has 0 radical (unpaired) electrons. The molecule has 0 unspecified atom stereocenters. The minimum absolute atomic E-state index is 0. The maximum absolute atomic E-state index is 5.48. The Labute approximate surface area is 71.0 Å². The second-order valence-corrected chi connectivity index (χ2v) is 1.82. The van der Waals surface area contributed by atoms with E-state index < -0.39 is 0 Å². The number of methoxy groups -OCH3 is 1. The quantitative estimate of drug-likeness (QED) is 0.658. The average Bonchev–Trinajstić information content (AvgIpc) is 1.95. The number of hydrogen-bond donors (Lipinski definition) is 2. The molecule has 0 aliphatic rings. The number of rotatable bonds is 1. The molecule has 4 N–H and O–H groups in total. The molecule has 0 bridgehead atoms. The van der Waals surface area contributed by atoms with Crippen LogP contribution in [0, 0.1) is 0 Å². The van der Waals surface area contributed by atoms with Crippen molar-refractivity contribution in [2.24, 2.45) is 0 Å². The molecule has 0 atom stereocenters. The lowest BCUT2D eigenvalue weighted by atomic mass is 10.3. The van der Waals surface area contributed by atoms with Crippen molar-refractivity contribution in [1.82, 2.24) is 4.98 Å². The molecular formula is C6H10ClN3O. The number of hydrogen-bond acceptors (Lipinski definition) is 4. The number of anilines is 2. The van der Waals surface area contributed by atoms with Gasteiger partial charge in [-0.05, 0) is 6.07 Å². The lowest BCUT2D eigenvalue weighted by molar-refractivity contribution is 0.400. The number of halogens is 1. The summed E-state index contributed by atoms with van der Waals surface area (Å²) in [5.41, 5.74) is 11.8. The Kier molecular flexibility index (Phi) is 3.47. The summed E-state index contributed by atoms with van der Waals surface area (Å²) in [6.07, 6.45) is 1.55. The third-order valence-electron chi connectivity index (χ3n) is 1.18. The minimum atomic E-state index is 0. The number of nitrogen functional groups attached to an aromatic ring is 2. The highest BCUT2D eigenvalue weighted by Gasteiger charge is 2.01. The molecule has 1 heterocycles. The summed E-state index contributed by atoms with van der Waals surface area (Å²) in [6.45, 7) is 0. The van der Waals surface area contributed by atoms with Crippen molar-refractivity contribution in [3.8, 4) is 5.88 Å². The van der Waals surface area contributed by atoms with Crippen LogP contribution in [0.5, 0.6) is 5.88 Å². The molecule has 1 aromatic heterocycles. The van der Waals surface area contributed by atoms with Crippen molar-refractivity contribution < 1.29 is 4.74 Å². The minimum Gasteiger partial charge on any atom is -0.479 e. The molecule has 0 spiro atoms. The summed E-state index contributed by atoms with van der Waals surface area (Å²) in [6, 6.07) is 1.62. The highest BCUT2D eigenvalue weighted by molar-refractivity contribution is 5.85. The number of ether oxygens (including phenoxy) is 1. The SMILES string of the molecule is COc1nccc(N)c1N.Cl. The van der Waals surface area contributed by atoms with Crippen molar-refractivity contribution in [1.29, 1.82) is 0 Å². The predicted octanol–water partition coefficient (Wildman–Crippen LogP) is 0.676. The largest absolute Gasteiger partial charge is 0.479 e. The summed E-state index contributed by atoms with van der Waals surface area (Å²) in [5, 5.41) is 0. The Hall–Kier alpha value is -1.16. The van der Waals surface area contributed by atoms with Gasteiger partial charge in [0.1, 0.15) is 5.69 Å². The molecule has 0 amide bonds. The topological polar surface area (TPSA) is 74.2 Å². The Morgan fingerprint density at radius 3 is 2.55 bits per heavy atom. The van der Waals surface area contributed by atoms with Crippen molar-refractivity contribution >= 4 is 23.8 Å². The zero-order valence-electron chi connectivity index (χ0n) is 6.07. The monoisotopic (exact) mass is 175 g/mol. The molecule has 0 aromatic carbocycles. The molecule has 11 heavy (non-hydrogen) atoms. The first-order chi connectivity index (χ1) is 4.75. The third kappa shape index (κ3) is 1.88. The summed E-state index contributed by atoms with van der Waals surface area (Å²) < 4.78 is 4.81. The van der Waals surface area contributed by atoms with Crippen LogP contribution in [0.4, 0.5) is 11.4 Å². The number of pyridine rings is 1. The first-order valence-electron chi connectivity index (χ1n) is 2.79. The summed E-state index contributed by atoms with van der Waals surface area (Å²) in [7, 11) is 1.50. The van der Waals surface area contributed by atoms with Crippen molar-refractivity contribution in [3.63, 3.8) is 0 Å². The fourth-order valence-corrected chi connectivity index (χ4v) is 0.631. The van der Waals surface area contributed by atoms with Gasteiger partial charge in [-0.1, -0.05) is 0 Å². The van der Waals surface area contributed by atoms with Gasteiger partial charge in [0, 0.05) is 6.20 Å². The van der Waals surface area contributed by atoms with Gasteiger partial charge in [-0.3, -0.25) is 0 Å². The van der Waals surface area contributed by atoms with E-state index in [2.05, 4.69) is 4.98 Å².